The molecule has 0 amide bonds. The topological polar surface area (TPSA) is 134 Å². The highest BCUT2D eigenvalue weighted by Crippen LogP contribution is 2.21. The molecule has 8 nitrogen and oxygen atoms in total. The molecule has 0 radical (unpaired) electrons. The molecule has 0 saturated carbocycles. The van der Waals surface area contributed by atoms with Gasteiger partial charge in [0.1, 0.15) is 0 Å². The molecule has 8 heteroatoms. The average Bonchev–Trinajstić information content (AvgIpc) is 2.59. The predicted molar refractivity (Wildman–Crippen MR) is 94.3 cm³/mol. The van der Waals surface area contributed by atoms with Crippen molar-refractivity contribution in [2.24, 2.45) is 0 Å². The summed E-state index contributed by atoms with van der Waals surface area (Å²) >= 11 is 0. The second-order valence-corrected chi connectivity index (χ2v) is 5.31. The molecule has 2 rings (SSSR count). The third-order valence-corrected chi connectivity index (χ3v) is 3.77. The van der Waals surface area contributed by atoms with Crippen molar-refractivity contribution >= 4 is 11.4 Å². The first-order chi connectivity index (χ1) is 12.3. The molecule has 0 N–H and O–H groups in total. The Morgan fingerprint density at radius 3 is 1.42 bits per heavy atom. The van der Waals surface area contributed by atoms with Crippen LogP contribution in [0.15, 0.2) is 36.4 Å². The Morgan fingerprint density at radius 2 is 1.15 bits per heavy atom. The van der Waals surface area contributed by atoms with Gasteiger partial charge < -0.3 is 0 Å². The molecule has 0 atom stereocenters. The van der Waals surface area contributed by atoms with Crippen molar-refractivity contribution < 1.29 is 9.85 Å². The van der Waals surface area contributed by atoms with Crippen molar-refractivity contribution in [3.05, 3.63) is 78.9 Å². The fraction of sp³-hybridized carbons (Fsp3) is 0.222. The summed E-state index contributed by atoms with van der Waals surface area (Å²) in [6.07, 6.45) is 0.432. The molecule has 0 aliphatic heterocycles. The third kappa shape index (κ3) is 5.11. The van der Waals surface area contributed by atoms with E-state index in [9.17, 15) is 20.2 Å². The maximum absolute atomic E-state index is 10.5. The summed E-state index contributed by atoms with van der Waals surface area (Å²) in [5.41, 5.74) is 2.75. The van der Waals surface area contributed by atoms with E-state index < -0.39 is 9.85 Å². The lowest BCUT2D eigenvalue weighted by atomic mass is 10.0. The number of hydrogen-bond donors (Lipinski definition) is 0. The minimum atomic E-state index is -0.434. The van der Waals surface area contributed by atoms with Gasteiger partial charge in [-0.2, -0.15) is 10.5 Å². The van der Waals surface area contributed by atoms with Gasteiger partial charge in [0.25, 0.3) is 11.4 Å². The van der Waals surface area contributed by atoms with Crippen LogP contribution in [0.4, 0.5) is 11.4 Å². The molecule has 2 aromatic carbocycles. The minimum absolute atomic E-state index is 0.0766. The zero-order valence-corrected chi connectivity index (χ0v) is 14.3. The summed E-state index contributed by atoms with van der Waals surface area (Å²) < 4.78 is 0. The van der Waals surface area contributed by atoms with Crippen LogP contribution in [-0.4, -0.2) is 9.85 Å². The van der Waals surface area contributed by atoms with Gasteiger partial charge in [-0.15, -0.1) is 0 Å². The SMILES string of the molecule is Cc1c(CC#N)cccc1[N+](=O)[O-].Cc1c(CC#N)cccc1[N+](=O)[O-]. The van der Waals surface area contributed by atoms with Crippen molar-refractivity contribution in [2.45, 2.75) is 26.7 Å². The van der Waals surface area contributed by atoms with Gasteiger partial charge in [-0.3, -0.25) is 20.2 Å². The van der Waals surface area contributed by atoms with Crippen molar-refractivity contribution in [1.82, 2.24) is 0 Å². The molecular formula is C18H16N4O4. The summed E-state index contributed by atoms with van der Waals surface area (Å²) in [6, 6.07) is 13.5. The Hall–Kier alpha value is -3.78. The van der Waals surface area contributed by atoms with Gasteiger partial charge in [0.2, 0.25) is 0 Å². The summed E-state index contributed by atoms with van der Waals surface area (Å²) in [7, 11) is 0. The van der Waals surface area contributed by atoms with Crippen LogP contribution >= 0.6 is 0 Å². The van der Waals surface area contributed by atoms with Gasteiger partial charge in [0.05, 0.1) is 34.8 Å². The van der Waals surface area contributed by atoms with E-state index in [4.69, 9.17) is 10.5 Å². The van der Waals surface area contributed by atoms with E-state index in [1.54, 1.807) is 38.1 Å². The van der Waals surface area contributed by atoms with E-state index in [1.165, 1.54) is 12.1 Å². The van der Waals surface area contributed by atoms with Crippen LogP contribution in [0.25, 0.3) is 0 Å². The van der Waals surface area contributed by atoms with Crippen LogP contribution in [0.3, 0.4) is 0 Å². The molecule has 2 aromatic rings. The van der Waals surface area contributed by atoms with Crippen LogP contribution in [0.5, 0.6) is 0 Å². The van der Waals surface area contributed by atoms with E-state index in [-0.39, 0.29) is 24.2 Å². The maximum atomic E-state index is 10.5. The van der Waals surface area contributed by atoms with Crippen LogP contribution in [0, 0.1) is 56.7 Å². The first-order valence-corrected chi connectivity index (χ1v) is 7.53. The number of nitro benzene ring substituents is 2. The predicted octanol–water partition coefficient (Wildman–Crippen LogP) is 3.94. The minimum Gasteiger partial charge on any atom is -0.258 e. The smallest absolute Gasteiger partial charge is 0.258 e. The van der Waals surface area contributed by atoms with Gasteiger partial charge >= 0.3 is 0 Å². The number of hydrogen-bond acceptors (Lipinski definition) is 6. The van der Waals surface area contributed by atoms with E-state index in [2.05, 4.69) is 0 Å². The van der Waals surface area contributed by atoms with Crippen molar-refractivity contribution in [2.75, 3.05) is 0 Å². The molecule has 0 aromatic heterocycles. The average molecular weight is 352 g/mol. The van der Waals surface area contributed by atoms with Gasteiger partial charge in [-0.05, 0) is 25.0 Å². The third-order valence-electron chi connectivity index (χ3n) is 3.77. The van der Waals surface area contributed by atoms with Gasteiger partial charge in [-0.25, -0.2) is 0 Å². The fourth-order valence-electron chi connectivity index (χ4n) is 2.29. The first kappa shape index (κ1) is 20.3. The summed E-state index contributed by atoms with van der Waals surface area (Å²) in [6.45, 7) is 3.32. The Balaban J connectivity index is 0.000000260. The monoisotopic (exact) mass is 352 g/mol. The normalized spacial score (nSPS) is 9.23. The summed E-state index contributed by atoms with van der Waals surface area (Å²) in [5.74, 6) is 0. The van der Waals surface area contributed by atoms with Gasteiger partial charge in [0, 0.05) is 23.3 Å². The molecule has 0 aliphatic carbocycles. The van der Waals surface area contributed by atoms with Crippen LogP contribution in [0.2, 0.25) is 0 Å². The molecular weight excluding hydrogens is 336 g/mol. The molecule has 0 bridgehead atoms. The molecule has 0 spiro atoms. The highest BCUT2D eigenvalue weighted by Gasteiger charge is 2.13. The van der Waals surface area contributed by atoms with Crippen LogP contribution in [0.1, 0.15) is 22.3 Å². The lowest BCUT2D eigenvalue weighted by molar-refractivity contribution is -0.385. The van der Waals surface area contributed by atoms with E-state index in [0.29, 0.717) is 11.1 Å². The van der Waals surface area contributed by atoms with Gasteiger partial charge in [0.15, 0.2) is 0 Å². The largest absolute Gasteiger partial charge is 0.272 e. The molecule has 132 valence electrons. The van der Waals surface area contributed by atoms with Crippen molar-refractivity contribution in [1.29, 1.82) is 10.5 Å². The Morgan fingerprint density at radius 1 is 0.808 bits per heavy atom. The highest BCUT2D eigenvalue weighted by molar-refractivity contribution is 5.46. The molecule has 0 saturated heterocycles. The van der Waals surface area contributed by atoms with E-state index >= 15 is 0 Å². The number of rotatable bonds is 4. The van der Waals surface area contributed by atoms with Crippen LogP contribution in [-0.2, 0) is 12.8 Å². The highest BCUT2D eigenvalue weighted by atomic mass is 16.6. The second kappa shape index (κ2) is 9.50. The number of nitriles is 2. The first-order valence-electron chi connectivity index (χ1n) is 7.53. The van der Waals surface area contributed by atoms with Gasteiger partial charge in [-0.1, -0.05) is 24.3 Å². The second-order valence-electron chi connectivity index (χ2n) is 5.31. The maximum Gasteiger partial charge on any atom is 0.272 e. The zero-order chi connectivity index (χ0) is 19.7. The van der Waals surface area contributed by atoms with Crippen molar-refractivity contribution in [3.63, 3.8) is 0 Å². The number of benzene rings is 2. The van der Waals surface area contributed by atoms with Crippen molar-refractivity contribution in [3.8, 4) is 12.1 Å². The van der Waals surface area contributed by atoms with E-state index in [0.717, 1.165) is 11.1 Å². The van der Waals surface area contributed by atoms with E-state index in [1.807, 2.05) is 12.1 Å². The Bertz CT molecular complexity index is 835. The lowest BCUT2D eigenvalue weighted by Gasteiger charge is -2.00. The standard InChI is InChI=1S/2C9H8N2O2/c2*1-7-8(5-6-10)3-2-4-9(7)11(12)13/h2*2-4H,5H2,1H3. The molecule has 26 heavy (non-hydrogen) atoms. The molecule has 0 unspecified atom stereocenters. The molecule has 0 heterocycles. The molecule has 0 aliphatic rings. The van der Waals surface area contributed by atoms with Crippen LogP contribution < -0.4 is 0 Å². The fourth-order valence-corrected chi connectivity index (χ4v) is 2.29. The quantitative estimate of drug-likeness (QED) is 0.604. The molecule has 0 fully saturated rings. The number of nitrogens with zero attached hydrogens (tertiary/aromatic N) is 4. The zero-order valence-electron chi connectivity index (χ0n) is 14.3. The lowest BCUT2D eigenvalue weighted by Crippen LogP contribution is -1.95. The Labute approximate surface area is 150 Å². The Kier molecular flexibility index (Phi) is 7.40. The summed E-state index contributed by atoms with van der Waals surface area (Å²) in [4.78, 5) is 20.1. The summed E-state index contributed by atoms with van der Waals surface area (Å²) in [5, 5.41) is 37.9. The number of nitro groups is 2.